The summed E-state index contributed by atoms with van der Waals surface area (Å²) in [6.07, 6.45) is 14.7. The molecule has 1 unspecified atom stereocenters. The Kier molecular flexibility index (Phi) is 4.51. The summed E-state index contributed by atoms with van der Waals surface area (Å²) >= 11 is 0. The molecule has 0 aliphatic heterocycles. The highest BCUT2D eigenvalue weighted by molar-refractivity contribution is 5.02. The van der Waals surface area contributed by atoms with Crippen molar-refractivity contribution in [1.29, 1.82) is 0 Å². The van der Waals surface area contributed by atoms with Crippen LogP contribution in [0.15, 0.2) is 0 Å². The van der Waals surface area contributed by atoms with E-state index in [9.17, 15) is 0 Å². The molecule has 0 aromatic heterocycles. The Hall–Kier alpha value is -0.0400. The Bertz CT molecular complexity index is 257. The molecule has 4 aliphatic carbocycles. The minimum absolute atomic E-state index is 0.812. The molecule has 110 valence electrons. The van der Waals surface area contributed by atoms with Gasteiger partial charge < -0.3 is 5.32 Å². The highest BCUT2D eigenvalue weighted by Crippen LogP contribution is 2.53. The Morgan fingerprint density at radius 2 is 1.47 bits per heavy atom. The average molecular weight is 263 g/mol. The quantitative estimate of drug-likeness (QED) is 0.698. The fourth-order valence-corrected chi connectivity index (χ4v) is 5.58. The lowest BCUT2D eigenvalue weighted by atomic mass is 9.54. The standard InChI is InChI=1S/C18H33N/c1-3-5-7-17(6-4-2)19-18-15-9-13-8-14(11-15)12-16(18)10-13/h13-19H,3-12H2,1-2H3. The zero-order valence-corrected chi connectivity index (χ0v) is 13.0. The van der Waals surface area contributed by atoms with Crippen molar-refractivity contribution in [2.45, 2.75) is 90.1 Å². The molecule has 0 radical (unpaired) electrons. The maximum Gasteiger partial charge on any atom is 0.0127 e. The maximum absolute atomic E-state index is 4.13. The van der Waals surface area contributed by atoms with Crippen molar-refractivity contribution >= 4 is 0 Å². The molecule has 19 heavy (non-hydrogen) atoms. The van der Waals surface area contributed by atoms with Crippen LogP contribution in [0.3, 0.4) is 0 Å². The molecule has 4 saturated carbocycles. The van der Waals surface area contributed by atoms with Crippen molar-refractivity contribution in [1.82, 2.24) is 5.32 Å². The largest absolute Gasteiger partial charge is 0.311 e. The van der Waals surface area contributed by atoms with Gasteiger partial charge in [0.05, 0.1) is 0 Å². The summed E-state index contributed by atoms with van der Waals surface area (Å²) in [4.78, 5) is 0. The molecule has 0 spiro atoms. The molecule has 1 heteroatoms. The molecule has 4 aliphatic rings. The molecule has 1 N–H and O–H groups in total. The van der Waals surface area contributed by atoms with Crippen molar-refractivity contribution in [3.63, 3.8) is 0 Å². The summed E-state index contributed by atoms with van der Waals surface area (Å²) in [5, 5.41) is 4.13. The zero-order valence-electron chi connectivity index (χ0n) is 13.0. The molecule has 0 aromatic rings. The van der Waals surface area contributed by atoms with Gasteiger partial charge in [0.1, 0.15) is 0 Å². The summed E-state index contributed by atoms with van der Waals surface area (Å²) in [6, 6.07) is 1.70. The van der Waals surface area contributed by atoms with Crippen molar-refractivity contribution in [2.75, 3.05) is 0 Å². The number of rotatable bonds is 7. The van der Waals surface area contributed by atoms with Crippen molar-refractivity contribution in [3.8, 4) is 0 Å². The van der Waals surface area contributed by atoms with Gasteiger partial charge in [0.15, 0.2) is 0 Å². The Morgan fingerprint density at radius 1 is 0.842 bits per heavy atom. The summed E-state index contributed by atoms with van der Waals surface area (Å²) < 4.78 is 0. The average Bonchev–Trinajstić information content (AvgIpc) is 2.39. The normalized spacial score (nSPS) is 41.7. The summed E-state index contributed by atoms with van der Waals surface area (Å²) in [5.41, 5.74) is 0. The Labute approximate surface area is 119 Å². The predicted octanol–water partition coefficient (Wildman–Crippen LogP) is 4.76. The van der Waals surface area contributed by atoms with Crippen LogP contribution in [-0.2, 0) is 0 Å². The monoisotopic (exact) mass is 263 g/mol. The van der Waals surface area contributed by atoms with Crippen LogP contribution >= 0.6 is 0 Å². The van der Waals surface area contributed by atoms with E-state index in [1.54, 1.807) is 32.1 Å². The first-order valence-corrected chi connectivity index (χ1v) is 9.06. The lowest BCUT2D eigenvalue weighted by Crippen LogP contribution is -2.56. The summed E-state index contributed by atoms with van der Waals surface area (Å²) in [7, 11) is 0. The Morgan fingerprint density at radius 3 is 2.00 bits per heavy atom. The SMILES string of the molecule is CCCCC(CCC)NC1C2CC3CC(C2)CC1C3. The third-order valence-electron chi connectivity index (χ3n) is 6.20. The van der Waals surface area contributed by atoms with E-state index in [-0.39, 0.29) is 0 Å². The third-order valence-corrected chi connectivity index (χ3v) is 6.20. The van der Waals surface area contributed by atoms with E-state index in [2.05, 4.69) is 19.2 Å². The molecule has 1 nitrogen and oxygen atoms in total. The van der Waals surface area contributed by atoms with E-state index in [1.807, 2.05) is 0 Å². The van der Waals surface area contributed by atoms with Crippen LogP contribution in [-0.4, -0.2) is 12.1 Å². The van der Waals surface area contributed by atoms with Crippen LogP contribution in [0.1, 0.15) is 78.1 Å². The highest BCUT2D eigenvalue weighted by Gasteiger charge is 2.48. The van der Waals surface area contributed by atoms with Gasteiger partial charge >= 0.3 is 0 Å². The first-order valence-electron chi connectivity index (χ1n) is 9.06. The second-order valence-corrected chi connectivity index (χ2v) is 7.75. The van der Waals surface area contributed by atoms with Gasteiger partial charge in [-0.2, -0.15) is 0 Å². The number of nitrogens with one attached hydrogen (secondary N) is 1. The number of hydrogen-bond donors (Lipinski definition) is 1. The van der Waals surface area contributed by atoms with Crippen molar-refractivity contribution in [3.05, 3.63) is 0 Å². The van der Waals surface area contributed by atoms with Crippen LogP contribution in [0.2, 0.25) is 0 Å². The van der Waals surface area contributed by atoms with Gasteiger partial charge in [-0.05, 0) is 68.6 Å². The Balaban J connectivity index is 1.58. The van der Waals surface area contributed by atoms with Gasteiger partial charge in [-0.3, -0.25) is 0 Å². The van der Waals surface area contributed by atoms with Crippen LogP contribution < -0.4 is 5.32 Å². The fraction of sp³-hybridized carbons (Fsp3) is 1.00. The number of hydrogen-bond acceptors (Lipinski definition) is 1. The van der Waals surface area contributed by atoms with E-state index in [0.717, 1.165) is 35.8 Å². The first-order chi connectivity index (χ1) is 9.30. The fourth-order valence-electron chi connectivity index (χ4n) is 5.58. The highest BCUT2D eigenvalue weighted by atomic mass is 15.0. The van der Waals surface area contributed by atoms with Crippen molar-refractivity contribution in [2.24, 2.45) is 23.7 Å². The van der Waals surface area contributed by atoms with Crippen LogP contribution in [0, 0.1) is 23.7 Å². The predicted molar refractivity (Wildman–Crippen MR) is 82.2 cm³/mol. The molecule has 4 bridgehead atoms. The first kappa shape index (κ1) is 13.9. The van der Waals surface area contributed by atoms with Crippen LogP contribution in [0.25, 0.3) is 0 Å². The number of unbranched alkanes of at least 4 members (excludes halogenated alkanes) is 1. The smallest absolute Gasteiger partial charge is 0.0127 e. The van der Waals surface area contributed by atoms with E-state index in [0.29, 0.717) is 0 Å². The van der Waals surface area contributed by atoms with Crippen LogP contribution in [0.5, 0.6) is 0 Å². The molecule has 1 atom stereocenters. The van der Waals surface area contributed by atoms with E-state index < -0.39 is 0 Å². The second-order valence-electron chi connectivity index (χ2n) is 7.75. The van der Waals surface area contributed by atoms with Gasteiger partial charge in [-0.25, -0.2) is 0 Å². The van der Waals surface area contributed by atoms with Gasteiger partial charge in [-0.15, -0.1) is 0 Å². The summed E-state index contributed by atoms with van der Waals surface area (Å²) in [5.74, 6) is 4.30. The van der Waals surface area contributed by atoms with Gasteiger partial charge in [0.25, 0.3) is 0 Å². The van der Waals surface area contributed by atoms with Crippen molar-refractivity contribution < 1.29 is 0 Å². The molecule has 0 amide bonds. The topological polar surface area (TPSA) is 12.0 Å². The molecule has 4 fully saturated rings. The molecule has 0 aromatic carbocycles. The molecule has 0 heterocycles. The minimum atomic E-state index is 0.812. The van der Waals surface area contributed by atoms with E-state index in [1.165, 1.54) is 32.1 Å². The minimum Gasteiger partial charge on any atom is -0.311 e. The zero-order chi connectivity index (χ0) is 13.2. The molecule has 0 saturated heterocycles. The second kappa shape index (κ2) is 6.16. The van der Waals surface area contributed by atoms with Gasteiger partial charge in [0.2, 0.25) is 0 Å². The van der Waals surface area contributed by atoms with E-state index in [4.69, 9.17) is 0 Å². The van der Waals surface area contributed by atoms with Gasteiger partial charge in [-0.1, -0.05) is 33.1 Å². The van der Waals surface area contributed by atoms with E-state index >= 15 is 0 Å². The molecular weight excluding hydrogens is 230 g/mol. The molecule has 4 rings (SSSR count). The van der Waals surface area contributed by atoms with Gasteiger partial charge in [0, 0.05) is 12.1 Å². The third kappa shape index (κ3) is 3.01. The van der Waals surface area contributed by atoms with Crippen LogP contribution in [0.4, 0.5) is 0 Å². The molecular formula is C18H33N. The summed E-state index contributed by atoms with van der Waals surface area (Å²) in [6.45, 7) is 4.67. The maximum atomic E-state index is 4.13. The lowest BCUT2D eigenvalue weighted by molar-refractivity contribution is -0.0184. The lowest BCUT2D eigenvalue weighted by Gasteiger charge is -2.55.